The van der Waals surface area contributed by atoms with Crippen molar-refractivity contribution < 1.29 is 9.53 Å². The van der Waals surface area contributed by atoms with E-state index in [4.69, 9.17) is 4.74 Å². The molecule has 0 unspecified atom stereocenters. The maximum atomic E-state index is 10.4. The Hall–Kier alpha value is -2.35. The van der Waals surface area contributed by atoms with Crippen LogP contribution in [0.4, 0.5) is 0 Å². The molecule has 23 heavy (non-hydrogen) atoms. The van der Waals surface area contributed by atoms with Gasteiger partial charge in [0.1, 0.15) is 17.8 Å². The van der Waals surface area contributed by atoms with Gasteiger partial charge in [0.25, 0.3) is 0 Å². The second kappa shape index (κ2) is 8.33. The number of aryl methyl sites for hydroxylation is 1. The minimum atomic E-state index is 0.0546. The maximum Gasteiger partial charge on any atom is 0.142 e. The lowest BCUT2D eigenvalue weighted by atomic mass is 9.86. The largest absolute Gasteiger partial charge is 0.457 e. The summed E-state index contributed by atoms with van der Waals surface area (Å²) in [5.41, 5.74) is 1.33. The molecule has 0 saturated carbocycles. The van der Waals surface area contributed by atoms with Crippen LogP contribution in [0.25, 0.3) is 0 Å². The maximum absolute atomic E-state index is 10.4. The number of ether oxygens (including phenoxy) is 1. The average molecular weight is 308 g/mol. The van der Waals surface area contributed by atoms with Gasteiger partial charge in [-0.3, -0.25) is 4.79 Å². The Kier molecular flexibility index (Phi) is 6.16. The Balaban J connectivity index is 1.90. The molecule has 2 nitrogen and oxygen atoms in total. The molecule has 0 aliphatic carbocycles. The lowest BCUT2D eigenvalue weighted by Gasteiger charge is -2.19. The fourth-order valence-electron chi connectivity index (χ4n) is 2.52. The van der Waals surface area contributed by atoms with E-state index in [-0.39, 0.29) is 5.41 Å². The number of rotatable bonds is 8. The molecule has 0 N–H and O–H groups in total. The summed E-state index contributed by atoms with van der Waals surface area (Å²) in [6.45, 7) is 4.31. The zero-order chi connectivity index (χ0) is 16.5. The average Bonchev–Trinajstić information content (AvgIpc) is 2.54. The van der Waals surface area contributed by atoms with Gasteiger partial charge in [-0.1, -0.05) is 50.3 Å². The van der Waals surface area contributed by atoms with Crippen molar-refractivity contribution in [2.24, 2.45) is 5.41 Å². The lowest BCUT2D eigenvalue weighted by Crippen LogP contribution is -2.07. The lowest BCUT2D eigenvalue weighted by molar-refractivity contribution is -0.104. The van der Waals surface area contributed by atoms with Crippen LogP contribution in [0.5, 0.6) is 11.5 Å². The molecule has 0 aliphatic heterocycles. The van der Waals surface area contributed by atoms with E-state index in [0.717, 1.165) is 37.0 Å². The Morgan fingerprint density at radius 1 is 1.00 bits per heavy atom. The molecular formula is C21H24O2. The molecule has 2 heteroatoms. The third kappa shape index (κ3) is 6.11. The summed E-state index contributed by atoms with van der Waals surface area (Å²) in [5.74, 6) is 1.72. The van der Waals surface area contributed by atoms with Crippen LogP contribution in [0.3, 0.4) is 0 Å². The number of hydrogen-bond acceptors (Lipinski definition) is 2. The van der Waals surface area contributed by atoms with Gasteiger partial charge in [0, 0.05) is 0 Å². The molecule has 0 amide bonds. The van der Waals surface area contributed by atoms with Crippen molar-refractivity contribution in [3.05, 3.63) is 72.3 Å². The SMILES string of the molecule is CC(C)(C=CC=O)CCCc1cccc(Oc2ccccc2)c1. The van der Waals surface area contributed by atoms with Crippen molar-refractivity contribution in [2.75, 3.05) is 0 Å². The van der Waals surface area contributed by atoms with E-state index in [0.29, 0.717) is 0 Å². The van der Waals surface area contributed by atoms with Crippen molar-refractivity contribution in [2.45, 2.75) is 33.1 Å². The Bertz CT molecular complexity index is 642. The van der Waals surface area contributed by atoms with Crippen LogP contribution in [0.1, 0.15) is 32.3 Å². The molecule has 0 fully saturated rings. The quantitative estimate of drug-likeness (QED) is 0.470. The van der Waals surface area contributed by atoms with Crippen LogP contribution in [-0.2, 0) is 11.2 Å². The van der Waals surface area contributed by atoms with Gasteiger partial charge in [-0.15, -0.1) is 0 Å². The normalized spacial score (nSPS) is 11.6. The van der Waals surface area contributed by atoms with Crippen molar-refractivity contribution in [1.29, 1.82) is 0 Å². The van der Waals surface area contributed by atoms with Gasteiger partial charge in [0.15, 0.2) is 0 Å². The van der Waals surface area contributed by atoms with Gasteiger partial charge in [-0.05, 0) is 60.6 Å². The molecule has 0 bridgehead atoms. The highest BCUT2D eigenvalue weighted by Crippen LogP contribution is 2.26. The van der Waals surface area contributed by atoms with E-state index in [2.05, 4.69) is 26.0 Å². The highest BCUT2D eigenvalue weighted by atomic mass is 16.5. The van der Waals surface area contributed by atoms with Gasteiger partial charge in [-0.2, -0.15) is 0 Å². The van der Waals surface area contributed by atoms with Crippen molar-refractivity contribution in [3.63, 3.8) is 0 Å². The van der Waals surface area contributed by atoms with Crippen LogP contribution in [-0.4, -0.2) is 6.29 Å². The Morgan fingerprint density at radius 2 is 1.74 bits per heavy atom. The van der Waals surface area contributed by atoms with E-state index in [1.807, 2.05) is 48.5 Å². The minimum Gasteiger partial charge on any atom is -0.457 e. The predicted molar refractivity (Wildman–Crippen MR) is 94.9 cm³/mol. The van der Waals surface area contributed by atoms with Crippen molar-refractivity contribution in [1.82, 2.24) is 0 Å². The molecule has 2 rings (SSSR count). The molecule has 2 aromatic rings. The Labute approximate surface area is 138 Å². The van der Waals surface area contributed by atoms with E-state index in [9.17, 15) is 4.79 Å². The van der Waals surface area contributed by atoms with Crippen LogP contribution < -0.4 is 4.74 Å². The summed E-state index contributed by atoms with van der Waals surface area (Å²) in [7, 11) is 0. The van der Waals surface area contributed by atoms with E-state index >= 15 is 0 Å². The zero-order valence-electron chi connectivity index (χ0n) is 13.9. The first kappa shape index (κ1) is 17.0. The highest BCUT2D eigenvalue weighted by Gasteiger charge is 2.13. The summed E-state index contributed by atoms with van der Waals surface area (Å²) in [5, 5.41) is 0. The standard InChI is InChI=1S/C21H24O2/c1-21(2,15-8-16-22)14-7-10-18-9-6-13-20(17-18)23-19-11-4-3-5-12-19/h3-6,8-9,11-13,15-17H,7,10,14H2,1-2H3. The van der Waals surface area contributed by atoms with Crippen molar-refractivity contribution >= 4 is 6.29 Å². The number of carbonyl (C=O) groups excluding carboxylic acids is 1. The number of para-hydroxylation sites is 1. The van der Waals surface area contributed by atoms with E-state index in [1.165, 1.54) is 5.56 Å². The molecular weight excluding hydrogens is 284 g/mol. The third-order valence-corrected chi connectivity index (χ3v) is 3.79. The number of allylic oxidation sites excluding steroid dienone is 2. The monoisotopic (exact) mass is 308 g/mol. The summed E-state index contributed by atoms with van der Waals surface area (Å²) >= 11 is 0. The van der Waals surface area contributed by atoms with Gasteiger partial charge in [0.05, 0.1) is 0 Å². The molecule has 0 heterocycles. The first-order valence-corrected chi connectivity index (χ1v) is 8.04. The molecule has 0 atom stereocenters. The molecule has 0 aromatic heterocycles. The highest BCUT2D eigenvalue weighted by molar-refractivity contribution is 5.64. The number of carbonyl (C=O) groups is 1. The smallest absolute Gasteiger partial charge is 0.142 e. The molecule has 0 radical (unpaired) electrons. The van der Waals surface area contributed by atoms with Gasteiger partial charge >= 0.3 is 0 Å². The molecule has 2 aromatic carbocycles. The first-order chi connectivity index (χ1) is 11.1. The summed E-state index contributed by atoms with van der Waals surface area (Å²) < 4.78 is 5.87. The van der Waals surface area contributed by atoms with Crippen LogP contribution in [0, 0.1) is 5.41 Å². The number of aldehydes is 1. The van der Waals surface area contributed by atoms with Gasteiger partial charge in [0.2, 0.25) is 0 Å². The molecule has 0 spiro atoms. The first-order valence-electron chi connectivity index (χ1n) is 8.04. The third-order valence-electron chi connectivity index (χ3n) is 3.79. The van der Waals surface area contributed by atoms with Crippen LogP contribution in [0.15, 0.2) is 66.7 Å². The second-order valence-electron chi connectivity index (χ2n) is 6.40. The van der Waals surface area contributed by atoms with E-state index in [1.54, 1.807) is 6.08 Å². The van der Waals surface area contributed by atoms with Gasteiger partial charge in [-0.25, -0.2) is 0 Å². The van der Waals surface area contributed by atoms with E-state index < -0.39 is 0 Å². The molecule has 120 valence electrons. The number of hydrogen-bond donors (Lipinski definition) is 0. The topological polar surface area (TPSA) is 26.3 Å². The van der Waals surface area contributed by atoms with Crippen molar-refractivity contribution in [3.8, 4) is 11.5 Å². The van der Waals surface area contributed by atoms with Crippen LogP contribution >= 0.6 is 0 Å². The second-order valence-corrected chi connectivity index (χ2v) is 6.40. The fraction of sp³-hybridized carbons (Fsp3) is 0.286. The minimum absolute atomic E-state index is 0.0546. The zero-order valence-corrected chi connectivity index (χ0v) is 13.9. The fourth-order valence-corrected chi connectivity index (χ4v) is 2.52. The predicted octanol–water partition coefficient (Wildman–Crippen LogP) is 5.58. The van der Waals surface area contributed by atoms with Gasteiger partial charge < -0.3 is 4.74 Å². The molecule has 0 saturated heterocycles. The summed E-state index contributed by atoms with van der Waals surface area (Å²) in [6, 6.07) is 18.1. The van der Waals surface area contributed by atoms with Crippen LogP contribution in [0.2, 0.25) is 0 Å². The summed E-state index contributed by atoms with van der Waals surface area (Å²) in [6.07, 6.45) is 7.53. The summed E-state index contributed by atoms with van der Waals surface area (Å²) in [4.78, 5) is 10.4. The number of benzene rings is 2. The Morgan fingerprint density at radius 3 is 2.48 bits per heavy atom. The molecule has 0 aliphatic rings.